The Morgan fingerprint density at radius 3 is 1.84 bits per heavy atom. The average Bonchev–Trinajstić information content (AvgIpc) is 2.93. The van der Waals surface area contributed by atoms with Gasteiger partial charge in [-0.1, -0.05) is 39.3 Å². The van der Waals surface area contributed by atoms with Crippen LogP contribution in [0.25, 0.3) is 0 Å². The summed E-state index contributed by atoms with van der Waals surface area (Å²) in [7, 11) is -2.28. The number of rotatable bonds is 6. The van der Waals surface area contributed by atoms with Gasteiger partial charge in [0.1, 0.15) is 17.3 Å². The maximum atomic E-state index is 12.5. The molecule has 38 heavy (non-hydrogen) atoms. The van der Waals surface area contributed by atoms with Gasteiger partial charge < -0.3 is 9.84 Å². The second kappa shape index (κ2) is 17.7. The van der Waals surface area contributed by atoms with E-state index in [1.807, 2.05) is 34.6 Å². The fourth-order valence-electron chi connectivity index (χ4n) is 2.56. The summed E-state index contributed by atoms with van der Waals surface area (Å²) < 4.78 is 32.4. The molecular formula is C29H42N4O4S. The minimum atomic E-state index is -3.79. The number of ether oxygens (including phenoxy) is 1. The van der Waals surface area contributed by atoms with Crippen LogP contribution in [0, 0.1) is 13.8 Å². The van der Waals surface area contributed by atoms with Gasteiger partial charge in [-0.05, 0) is 94.3 Å². The molecule has 0 radical (unpaired) electrons. The molecule has 0 fully saturated rings. The zero-order valence-electron chi connectivity index (χ0n) is 24.2. The van der Waals surface area contributed by atoms with E-state index < -0.39 is 10.0 Å². The first-order valence-corrected chi connectivity index (χ1v) is 14.0. The lowest BCUT2D eigenvalue weighted by atomic mass is 10.1. The average molecular weight is 543 g/mol. The van der Waals surface area contributed by atoms with Gasteiger partial charge in [0.2, 0.25) is 0 Å². The van der Waals surface area contributed by atoms with Gasteiger partial charge in [0.05, 0.1) is 29.6 Å². The Hall–Kier alpha value is -3.72. The minimum Gasteiger partial charge on any atom is -0.507 e. The Labute approximate surface area is 228 Å². The first kappa shape index (κ1) is 34.3. The Bertz CT molecular complexity index is 1240. The van der Waals surface area contributed by atoms with Crippen molar-refractivity contribution in [3.8, 4) is 11.5 Å². The summed E-state index contributed by atoms with van der Waals surface area (Å²) in [5.41, 5.74) is 3.89. The minimum absolute atomic E-state index is 0.0744. The molecule has 0 bridgehead atoms. The lowest BCUT2D eigenvalue weighted by Gasteiger charge is -2.08. The van der Waals surface area contributed by atoms with Gasteiger partial charge in [0.15, 0.2) is 0 Å². The van der Waals surface area contributed by atoms with E-state index >= 15 is 0 Å². The second-order valence-corrected chi connectivity index (χ2v) is 9.36. The number of hydrogen-bond donors (Lipinski definition) is 2. The number of pyridine rings is 1. The summed E-state index contributed by atoms with van der Waals surface area (Å²) in [5.74, 6) is 0.951. The standard InChI is InChI=1S/C20H20N4O4S.C5H10.2C2H6/c1-13-10-16(11-14(2)20(13)25)23-22-15-4-7-18(8-5-15)29(26,27)24-19-9-6-17(28-3)12-21-19;1-4-5(2)3;2*1-2/h4-12,25H,1-3H3,(H,21,24);4H,1-3H3;2*1-2H3. The van der Waals surface area contributed by atoms with Crippen LogP contribution in [-0.4, -0.2) is 25.6 Å². The molecule has 208 valence electrons. The molecule has 1 heterocycles. The van der Waals surface area contributed by atoms with E-state index in [1.54, 1.807) is 44.2 Å². The molecule has 0 saturated carbocycles. The molecule has 3 rings (SSSR count). The molecule has 0 aliphatic heterocycles. The molecule has 1 aromatic heterocycles. The second-order valence-electron chi connectivity index (χ2n) is 7.68. The maximum absolute atomic E-state index is 12.5. The van der Waals surface area contributed by atoms with E-state index in [2.05, 4.69) is 39.9 Å². The number of nitrogens with zero attached hydrogens (tertiary/aromatic N) is 3. The van der Waals surface area contributed by atoms with Crippen molar-refractivity contribution in [1.82, 2.24) is 4.98 Å². The highest BCUT2D eigenvalue weighted by molar-refractivity contribution is 7.92. The molecule has 0 unspecified atom stereocenters. The monoisotopic (exact) mass is 542 g/mol. The molecule has 9 heteroatoms. The molecule has 3 aromatic rings. The molecule has 0 spiro atoms. The SMILES string of the molecule is CC.CC.CC=C(C)C.COc1ccc(NS(=O)(=O)c2ccc(N=Nc3cc(C)c(O)c(C)c3)cc2)nc1. The van der Waals surface area contributed by atoms with E-state index in [4.69, 9.17) is 4.74 Å². The van der Waals surface area contributed by atoms with Crippen LogP contribution >= 0.6 is 0 Å². The number of anilines is 1. The number of azo groups is 1. The molecule has 8 nitrogen and oxygen atoms in total. The molecule has 2 aromatic carbocycles. The molecular weight excluding hydrogens is 500 g/mol. The number of nitrogens with one attached hydrogen (secondary N) is 1. The smallest absolute Gasteiger partial charge is 0.263 e. The molecule has 0 atom stereocenters. The molecule has 0 saturated heterocycles. The number of sulfonamides is 1. The highest BCUT2D eigenvalue weighted by Crippen LogP contribution is 2.28. The fraction of sp³-hybridized carbons (Fsp3) is 0.345. The highest BCUT2D eigenvalue weighted by atomic mass is 32.2. The number of aromatic hydroxyl groups is 1. The van der Waals surface area contributed by atoms with Crippen LogP contribution in [0.3, 0.4) is 0 Å². The van der Waals surface area contributed by atoms with Crippen molar-refractivity contribution in [2.45, 2.75) is 67.2 Å². The first-order chi connectivity index (χ1) is 18.1. The summed E-state index contributed by atoms with van der Waals surface area (Å²) in [5, 5.41) is 18.1. The molecule has 2 N–H and O–H groups in total. The Balaban J connectivity index is 0.00000134. The Kier molecular flexibility index (Phi) is 16.0. The number of methoxy groups -OCH3 is 1. The predicted molar refractivity (Wildman–Crippen MR) is 158 cm³/mol. The number of phenolic OH excluding ortho intramolecular Hbond substituents is 1. The van der Waals surface area contributed by atoms with Crippen LogP contribution in [-0.2, 0) is 10.0 Å². The predicted octanol–water partition coefficient (Wildman–Crippen LogP) is 8.65. The van der Waals surface area contributed by atoms with Crippen LogP contribution in [0.4, 0.5) is 17.2 Å². The normalized spacial score (nSPS) is 10.1. The van der Waals surface area contributed by atoms with Crippen molar-refractivity contribution in [1.29, 1.82) is 0 Å². The fourth-order valence-corrected chi connectivity index (χ4v) is 3.56. The lowest BCUT2D eigenvalue weighted by Crippen LogP contribution is -2.13. The Morgan fingerprint density at radius 1 is 0.921 bits per heavy atom. The van der Waals surface area contributed by atoms with Crippen molar-refractivity contribution in [2.24, 2.45) is 10.2 Å². The van der Waals surface area contributed by atoms with Crippen LogP contribution in [0.15, 0.2) is 81.5 Å². The van der Waals surface area contributed by atoms with Crippen molar-refractivity contribution >= 4 is 27.2 Å². The molecule has 0 amide bonds. The van der Waals surface area contributed by atoms with Crippen LogP contribution < -0.4 is 9.46 Å². The third-order valence-electron chi connectivity index (χ3n) is 4.69. The third-order valence-corrected chi connectivity index (χ3v) is 6.06. The summed E-state index contributed by atoms with van der Waals surface area (Å²) in [4.78, 5) is 4.07. The highest BCUT2D eigenvalue weighted by Gasteiger charge is 2.14. The number of allylic oxidation sites excluding steroid dienone is 2. The van der Waals surface area contributed by atoms with E-state index in [1.165, 1.54) is 37.1 Å². The number of hydrogen-bond acceptors (Lipinski definition) is 7. The van der Waals surface area contributed by atoms with Crippen LogP contribution in [0.2, 0.25) is 0 Å². The van der Waals surface area contributed by atoms with E-state index in [-0.39, 0.29) is 16.5 Å². The largest absolute Gasteiger partial charge is 0.507 e. The van der Waals surface area contributed by atoms with Gasteiger partial charge in [-0.15, -0.1) is 0 Å². The summed E-state index contributed by atoms with van der Waals surface area (Å²) in [6.07, 6.45) is 3.51. The third kappa shape index (κ3) is 11.6. The van der Waals surface area contributed by atoms with Gasteiger partial charge >= 0.3 is 0 Å². The van der Waals surface area contributed by atoms with Gasteiger partial charge in [0.25, 0.3) is 10.0 Å². The van der Waals surface area contributed by atoms with Crippen molar-refractivity contribution < 1.29 is 18.3 Å². The van der Waals surface area contributed by atoms with E-state index in [9.17, 15) is 13.5 Å². The number of aryl methyl sites for hydroxylation is 2. The lowest BCUT2D eigenvalue weighted by molar-refractivity contribution is 0.413. The molecule has 0 aliphatic rings. The Morgan fingerprint density at radius 2 is 1.42 bits per heavy atom. The maximum Gasteiger partial charge on any atom is 0.263 e. The topological polar surface area (TPSA) is 113 Å². The zero-order chi connectivity index (χ0) is 29.3. The van der Waals surface area contributed by atoms with Crippen LogP contribution in [0.5, 0.6) is 11.5 Å². The van der Waals surface area contributed by atoms with Crippen LogP contribution in [0.1, 0.15) is 59.6 Å². The van der Waals surface area contributed by atoms with Crippen molar-refractivity contribution in [3.63, 3.8) is 0 Å². The van der Waals surface area contributed by atoms with Gasteiger partial charge in [-0.25, -0.2) is 13.4 Å². The van der Waals surface area contributed by atoms with E-state index in [0.29, 0.717) is 28.3 Å². The van der Waals surface area contributed by atoms with E-state index in [0.717, 1.165) is 0 Å². The summed E-state index contributed by atoms with van der Waals surface area (Å²) in [6.45, 7) is 17.8. The van der Waals surface area contributed by atoms with Crippen molar-refractivity contribution in [3.05, 3.63) is 77.5 Å². The number of phenols is 1. The number of benzene rings is 2. The number of aromatic nitrogens is 1. The van der Waals surface area contributed by atoms with Crippen molar-refractivity contribution in [2.75, 3.05) is 11.8 Å². The van der Waals surface area contributed by atoms with Gasteiger partial charge in [0, 0.05) is 0 Å². The summed E-state index contributed by atoms with van der Waals surface area (Å²) >= 11 is 0. The summed E-state index contributed by atoms with van der Waals surface area (Å²) in [6, 6.07) is 12.6. The zero-order valence-corrected chi connectivity index (χ0v) is 25.0. The quantitative estimate of drug-likeness (QED) is 0.239. The van der Waals surface area contributed by atoms with Gasteiger partial charge in [-0.2, -0.15) is 10.2 Å². The first-order valence-electron chi connectivity index (χ1n) is 12.5. The van der Waals surface area contributed by atoms with Gasteiger partial charge in [-0.3, -0.25) is 4.72 Å². The molecule has 0 aliphatic carbocycles.